The summed E-state index contributed by atoms with van der Waals surface area (Å²) in [5.41, 5.74) is 0.822. The van der Waals surface area contributed by atoms with Crippen LogP contribution in [0.3, 0.4) is 0 Å². The minimum atomic E-state index is -0.0285. The summed E-state index contributed by atoms with van der Waals surface area (Å²) in [6.45, 7) is 11.5. The Hall–Kier alpha value is -1.12. The van der Waals surface area contributed by atoms with E-state index in [1.165, 1.54) is 0 Å². The lowest BCUT2D eigenvalue weighted by atomic mass is 9.93. The van der Waals surface area contributed by atoms with E-state index in [0.29, 0.717) is 5.90 Å². The number of rotatable bonds is 2. The number of methoxy groups -OCH3 is 1. The topological polar surface area (TPSA) is 34.0 Å². The van der Waals surface area contributed by atoms with Crippen molar-refractivity contribution in [3.63, 3.8) is 0 Å². The van der Waals surface area contributed by atoms with Gasteiger partial charge >= 0.3 is 0 Å². The second-order valence-corrected chi connectivity index (χ2v) is 3.77. The molecule has 0 fully saturated rings. The number of ether oxygens (including phenoxy) is 1. The Morgan fingerprint density at radius 1 is 1.38 bits per heavy atom. The second kappa shape index (κ2) is 4.80. The van der Waals surface area contributed by atoms with Crippen molar-refractivity contribution >= 4 is 12.6 Å². The third kappa shape index (κ3) is 4.45. The summed E-state index contributed by atoms with van der Waals surface area (Å²) in [6, 6.07) is 0. The molecule has 0 unspecified atom stereocenters. The van der Waals surface area contributed by atoms with Crippen LogP contribution in [0.1, 0.15) is 27.7 Å². The van der Waals surface area contributed by atoms with E-state index in [0.717, 1.165) is 5.70 Å². The van der Waals surface area contributed by atoms with Crippen LogP contribution in [0.15, 0.2) is 21.9 Å². The van der Waals surface area contributed by atoms with E-state index in [1.807, 2.05) is 0 Å². The fourth-order valence-corrected chi connectivity index (χ4v) is 0.676. The minimum absolute atomic E-state index is 0.0285. The van der Waals surface area contributed by atoms with Crippen molar-refractivity contribution in [3.8, 4) is 0 Å². The smallest absolute Gasteiger partial charge is 0.184 e. The van der Waals surface area contributed by atoms with Gasteiger partial charge in [-0.25, -0.2) is 4.99 Å². The lowest BCUT2D eigenvalue weighted by Crippen LogP contribution is -2.07. The Balaban J connectivity index is 4.69. The molecule has 3 heteroatoms. The van der Waals surface area contributed by atoms with Gasteiger partial charge in [-0.1, -0.05) is 20.8 Å². The van der Waals surface area contributed by atoms with Crippen molar-refractivity contribution in [1.29, 1.82) is 0 Å². The molecule has 0 N–H and O–H groups in total. The first kappa shape index (κ1) is 11.9. The van der Waals surface area contributed by atoms with Gasteiger partial charge in [0.2, 0.25) is 0 Å². The molecule has 0 aliphatic carbocycles. The Morgan fingerprint density at radius 2 is 1.92 bits per heavy atom. The van der Waals surface area contributed by atoms with Crippen LogP contribution in [-0.4, -0.2) is 19.7 Å². The van der Waals surface area contributed by atoms with Crippen molar-refractivity contribution in [2.24, 2.45) is 15.4 Å². The van der Waals surface area contributed by atoms with Crippen LogP contribution < -0.4 is 0 Å². The van der Waals surface area contributed by atoms with Crippen molar-refractivity contribution in [3.05, 3.63) is 11.9 Å². The fourth-order valence-electron chi connectivity index (χ4n) is 0.676. The van der Waals surface area contributed by atoms with E-state index < -0.39 is 0 Å². The predicted molar refractivity (Wildman–Crippen MR) is 57.2 cm³/mol. The number of hydrogen-bond acceptors (Lipinski definition) is 3. The van der Waals surface area contributed by atoms with Crippen LogP contribution >= 0.6 is 0 Å². The summed E-state index contributed by atoms with van der Waals surface area (Å²) in [5, 5.41) is 0. The van der Waals surface area contributed by atoms with Crippen molar-refractivity contribution in [1.82, 2.24) is 0 Å². The van der Waals surface area contributed by atoms with E-state index >= 15 is 0 Å². The third-order valence-corrected chi connectivity index (χ3v) is 1.60. The molecule has 0 heterocycles. The molecule has 0 rings (SSSR count). The van der Waals surface area contributed by atoms with Crippen LogP contribution in [0.2, 0.25) is 0 Å². The maximum absolute atomic E-state index is 4.90. The summed E-state index contributed by atoms with van der Waals surface area (Å²) in [5.74, 6) is 0.616. The van der Waals surface area contributed by atoms with Crippen LogP contribution in [-0.2, 0) is 4.74 Å². The fraction of sp³-hybridized carbons (Fsp3) is 0.600. The first-order valence-electron chi connectivity index (χ1n) is 4.17. The molecule has 0 saturated heterocycles. The molecule has 0 bridgehead atoms. The zero-order chi connectivity index (χ0) is 10.5. The highest BCUT2D eigenvalue weighted by Crippen LogP contribution is 2.25. The molecule has 0 aromatic heterocycles. The van der Waals surface area contributed by atoms with Crippen molar-refractivity contribution in [2.75, 3.05) is 7.11 Å². The number of aliphatic imine (C=N–C) groups is 2. The minimum Gasteiger partial charge on any atom is -0.484 e. The maximum atomic E-state index is 4.90. The molecule has 74 valence electrons. The standard InChI is InChI=1S/C10H18N2O/c1-8(13-6)12-7-9(11-5)10(2,3)4/h7H,5H2,1-4,6H3/b9-7-,12-8?. The molecule has 0 saturated carbocycles. The van der Waals surface area contributed by atoms with Gasteiger partial charge in [-0.3, -0.25) is 4.99 Å². The zero-order valence-electron chi connectivity index (χ0n) is 9.09. The molecule has 0 aromatic carbocycles. The molecule has 3 nitrogen and oxygen atoms in total. The van der Waals surface area contributed by atoms with Crippen LogP contribution in [0.5, 0.6) is 0 Å². The van der Waals surface area contributed by atoms with Crippen molar-refractivity contribution < 1.29 is 4.74 Å². The molecule has 13 heavy (non-hydrogen) atoms. The molecule has 0 aliphatic rings. The Bertz CT molecular complexity index is 234. The molecule has 0 amide bonds. The Morgan fingerprint density at radius 3 is 2.23 bits per heavy atom. The van der Waals surface area contributed by atoms with Gasteiger partial charge in [-0.05, 0) is 6.72 Å². The Kier molecular flexibility index (Phi) is 4.38. The van der Waals surface area contributed by atoms with Gasteiger partial charge in [0.15, 0.2) is 5.90 Å². The molecular weight excluding hydrogens is 164 g/mol. The van der Waals surface area contributed by atoms with Gasteiger partial charge in [0.1, 0.15) is 0 Å². The highest BCUT2D eigenvalue weighted by atomic mass is 16.5. The zero-order valence-corrected chi connectivity index (χ0v) is 9.09. The van der Waals surface area contributed by atoms with Crippen LogP contribution in [0, 0.1) is 5.41 Å². The normalized spacial score (nSPS) is 14.2. The van der Waals surface area contributed by atoms with E-state index in [1.54, 1.807) is 20.2 Å². The highest BCUT2D eigenvalue weighted by molar-refractivity contribution is 5.73. The van der Waals surface area contributed by atoms with Crippen LogP contribution in [0.25, 0.3) is 0 Å². The number of allylic oxidation sites excluding steroid dienone is 1. The summed E-state index contributed by atoms with van der Waals surface area (Å²) < 4.78 is 4.90. The molecule has 0 atom stereocenters. The lowest BCUT2D eigenvalue weighted by molar-refractivity contribution is 0.399. The summed E-state index contributed by atoms with van der Waals surface area (Å²) >= 11 is 0. The van der Waals surface area contributed by atoms with Gasteiger partial charge in [0.05, 0.1) is 19.0 Å². The SMILES string of the molecule is C=N/C(=C\N=C(C)OC)C(C)(C)C. The molecule has 0 aromatic rings. The van der Waals surface area contributed by atoms with Crippen molar-refractivity contribution in [2.45, 2.75) is 27.7 Å². The first-order chi connectivity index (χ1) is 5.91. The summed E-state index contributed by atoms with van der Waals surface area (Å²) in [6.07, 6.45) is 1.69. The largest absolute Gasteiger partial charge is 0.484 e. The van der Waals surface area contributed by atoms with Gasteiger partial charge in [0, 0.05) is 12.3 Å². The van der Waals surface area contributed by atoms with E-state index in [2.05, 4.69) is 37.5 Å². The predicted octanol–water partition coefficient (Wildman–Crippen LogP) is 2.64. The number of hydrogen-bond donors (Lipinski definition) is 0. The second-order valence-electron chi connectivity index (χ2n) is 3.77. The van der Waals surface area contributed by atoms with E-state index in [-0.39, 0.29) is 5.41 Å². The van der Waals surface area contributed by atoms with Crippen LogP contribution in [0.4, 0.5) is 0 Å². The average molecular weight is 182 g/mol. The molecular formula is C10H18N2O. The lowest BCUT2D eigenvalue weighted by Gasteiger charge is -2.17. The van der Waals surface area contributed by atoms with Gasteiger partial charge in [0.25, 0.3) is 0 Å². The number of nitrogens with zero attached hydrogens (tertiary/aromatic N) is 2. The molecule has 0 aliphatic heterocycles. The quantitative estimate of drug-likeness (QED) is 0.477. The monoisotopic (exact) mass is 182 g/mol. The highest BCUT2D eigenvalue weighted by Gasteiger charge is 2.15. The summed E-state index contributed by atoms with van der Waals surface area (Å²) in [7, 11) is 1.59. The van der Waals surface area contributed by atoms with E-state index in [9.17, 15) is 0 Å². The Labute approximate surface area is 80.2 Å². The van der Waals surface area contributed by atoms with E-state index in [4.69, 9.17) is 4.74 Å². The molecule has 0 spiro atoms. The third-order valence-electron chi connectivity index (χ3n) is 1.60. The average Bonchev–Trinajstić information content (AvgIpc) is 2.02. The van der Waals surface area contributed by atoms with Gasteiger partial charge in [-0.15, -0.1) is 0 Å². The summed E-state index contributed by atoms with van der Waals surface area (Å²) in [4.78, 5) is 7.99. The first-order valence-corrected chi connectivity index (χ1v) is 4.17. The van der Waals surface area contributed by atoms with Gasteiger partial charge in [-0.2, -0.15) is 0 Å². The maximum Gasteiger partial charge on any atom is 0.184 e. The molecule has 0 radical (unpaired) electrons. The van der Waals surface area contributed by atoms with Gasteiger partial charge < -0.3 is 4.74 Å².